The van der Waals surface area contributed by atoms with Crippen molar-refractivity contribution in [2.45, 2.75) is 6.42 Å². The summed E-state index contributed by atoms with van der Waals surface area (Å²) in [4.78, 5) is 14.0. The minimum atomic E-state index is -0.256. The van der Waals surface area contributed by atoms with Crippen molar-refractivity contribution in [3.63, 3.8) is 0 Å². The number of carbonyl (C=O) groups is 1. The van der Waals surface area contributed by atoms with Crippen LogP contribution in [0.1, 0.15) is 15.2 Å². The van der Waals surface area contributed by atoms with Crippen molar-refractivity contribution in [2.24, 2.45) is 0 Å². The molecule has 0 bridgehead atoms. The van der Waals surface area contributed by atoms with Gasteiger partial charge in [0.1, 0.15) is 19.0 Å². The molecule has 0 radical (unpaired) electrons. The molecule has 6 heteroatoms. The van der Waals surface area contributed by atoms with E-state index in [1.807, 2.05) is 30.3 Å². The van der Waals surface area contributed by atoms with Crippen molar-refractivity contribution < 1.29 is 18.7 Å². The largest absolute Gasteiger partial charge is 0.486 e. The molecule has 0 fully saturated rings. The van der Waals surface area contributed by atoms with Crippen LogP contribution in [0.15, 0.2) is 54.6 Å². The van der Waals surface area contributed by atoms with Gasteiger partial charge < -0.3 is 14.8 Å². The van der Waals surface area contributed by atoms with E-state index >= 15 is 0 Å². The lowest BCUT2D eigenvalue weighted by atomic mass is 10.1. The molecule has 0 atom stereocenters. The lowest BCUT2D eigenvalue weighted by Crippen LogP contribution is -2.24. The quantitative estimate of drug-likeness (QED) is 0.715. The van der Waals surface area contributed by atoms with Gasteiger partial charge in [-0.2, -0.15) is 0 Å². The fourth-order valence-electron chi connectivity index (χ4n) is 2.87. The minimum Gasteiger partial charge on any atom is -0.486 e. The topological polar surface area (TPSA) is 47.6 Å². The summed E-state index contributed by atoms with van der Waals surface area (Å²) in [6.45, 7) is 1.61. The van der Waals surface area contributed by atoms with Crippen molar-refractivity contribution in [1.29, 1.82) is 0 Å². The highest BCUT2D eigenvalue weighted by Gasteiger charge is 2.15. The van der Waals surface area contributed by atoms with E-state index in [0.717, 1.165) is 27.5 Å². The van der Waals surface area contributed by atoms with E-state index in [2.05, 4.69) is 5.32 Å². The molecule has 4 rings (SSSR count). The summed E-state index contributed by atoms with van der Waals surface area (Å²) in [5.41, 5.74) is 1.98. The van der Waals surface area contributed by atoms with E-state index in [0.29, 0.717) is 31.1 Å². The standard InChI is InChI=1S/C21H18FNO3S/c22-16-4-1-14(2-5-16)9-10-23-21(24)20-8-7-19(27-20)15-3-6-17-18(13-15)26-12-11-25-17/h1-8,13H,9-12H2,(H,23,24). The molecule has 1 aromatic heterocycles. The van der Waals surface area contributed by atoms with Crippen LogP contribution < -0.4 is 14.8 Å². The maximum Gasteiger partial charge on any atom is 0.261 e. The number of fused-ring (bicyclic) bond motifs is 1. The molecule has 4 nitrogen and oxygen atoms in total. The third-order valence-electron chi connectivity index (χ3n) is 4.27. The molecule has 2 heterocycles. The van der Waals surface area contributed by atoms with Gasteiger partial charge in [0, 0.05) is 11.4 Å². The zero-order chi connectivity index (χ0) is 18.6. The summed E-state index contributed by atoms with van der Waals surface area (Å²) in [7, 11) is 0. The predicted molar refractivity (Wildman–Crippen MR) is 103 cm³/mol. The number of hydrogen-bond donors (Lipinski definition) is 1. The molecular formula is C21H18FNO3S. The van der Waals surface area contributed by atoms with Gasteiger partial charge in [0.2, 0.25) is 0 Å². The average Bonchev–Trinajstić information content (AvgIpc) is 3.19. The number of nitrogens with one attached hydrogen (secondary N) is 1. The molecule has 138 valence electrons. The number of ether oxygens (including phenoxy) is 2. The first-order chi connectivity index (χ1) is 13.2. The first-order valence-electron chi connectivity index (χ1n) is 8.71. The Balaban J connectivity index is 1.38. The van der Waals surface area contributed by atoms with Crippen molar-refractivity contribution in [1.82, 2.24) is 5.32 Å². The van der Waals surface area contributed by atoms with Crippen LogP contribution >= 0.6 is 11.3 Å². The van der Waals surface area contributed by atoms with Crippen molar-refractivity contribution >= 4 is 17.2 Å². The Hall–Kier alpha value is -2.86. The number of rotatable bonds is 5. The van der Waals surface area contributed by atoms with Crippen LogP contribution in [0.25, 0.3) is 10.4 Å². The second-order valence-corrected chi connectivity index (χ2v) is 7.24. The molecule has 0 saturated heterocycles. The molecule has 3 aromatic rings. The van der Waals surface area contributed by atoms with Crippen molar-refractivity contribution in [3.8, 4) is 21.9 Å². The summed E-state index contributed by atoms with van der Waals surface area (Å²) in [6.07, 6.45) is 0.659. The van der Waals surface area contributed by atoms with Crippen LogP contribution in [0.3, 0.4) is 0 Å². The monoisotopic (exact) mass is 383 g/mol. The number of thiophene rings is 1. The third kappa shape index (κ3) is 4.11. The van der Waals surface area contributed by atoms with Crippen LogP contribution in [0.4, 0.5) is 4.39 Å². The first kappa shape index (κ1) is 17.5. The highest BCUT2D eigenvalue weighted by molar-refractivity contribution is 7.17. The van der Waals surface area contributed by atoms with Gasteiger partial charge in [-0.1, -0.05) is 12.1 Å². The third-order valence-corrected chi connectivity index (χ3v) is 5.40. The first-order valence-corrected chi connectivity index (χ1v) is 9.53. The van der Waals surface area contributed by atoms with E-state index < -0.39 is 0 Å². The summed E-state index contributed by atoms with van der Waals surface area (Å²) in [6, 6.07) is 15.9. The van der Waals surface area contributed by atoms with Gasteiger partial charge in [-0.3, -0.25) is 4.79 Å². The van der Waals surface area contributed by atoms with Gasteiger partial charge in [0.25, 0.3) is 5.91 Å². The second-order valence-electron chi connectivity index (χ2n) is 6.15. The molecule has 0 spiro atoms. The SMILES string of the molecule is O=C(NCCc1ccc(F)cc1)c1ccc(-c2ccc3c(c2)OCCO3)s1. The highest BCUT2D eigenvalue weighted by atomic mass is 32.1. The Kier molecular flexibility index (Phi) is 5.07. The van der Waals surface area contributed by atoms with Gasteiger partial charge in [-0.25, -0.2) is 4.39 Å². The Morgan fingerprint density at radius 3 is 2.59 bits per heavy atom. The van der Waals surface area contributed by atoms with E-state index in [1.54, 1.807) is 12.1 Å². The zero-order valence-corrected chi connectivity index (χ0v) is 15.4. The minimum absolute atomic E-state index is 0.106. The van der Waals surface area contributed by atoms with E-state index in [9.17, 15) is 9.18 Å². The van der Waals surface area contributed by atoms with Crippen LogP contribution in [-0.2, 0) is 6.42 Å². The molecule has 0 unspecified atom stereocenters. The zero-order valence-electron chi connectivity index (χ0n) is 14.5. The average molecular weight is 383 g/mol. The van der Waals surface area contributed by atoms with E-state index in [1.165, 1.54) is 23.5 Å². The molecule has 1 amide bonds. The van der Waals surface area contributed by atoms with Crippen molar-refractivity contribution in [2.75, 3.05) is 19.8 Å². The Bertz CT molecular complexity index is 952. The maximum atomic E-state index is 12.9. The highest BCUT2D eigenvalue weighted by Crippen LogP contribution is 2.36. The summed E-state index contributed by atoms with van der Waals surface area (Å²) in [5.74, 6) is 1.12. The predicted octanol–water partition coefficient (Wildman–Crippen LogP) is 4.30. The van der Waals surface area contributed by atoms with Gasteiger partial charge in [0.05, 0.1) is 4.88 Å². The molecule has 0 saturated carbocycles. The van der Waals surface area contributed by atoms with Crippen LogP contribution in [0.2, 0.25) is 0 Å². The Morgan fingerprint density at radius 2 is 1.78 bits per heavy atom. The normalized spacial score (nSPS) is 12.6. The van der Waals surface area contributed by atoms with Crippen LogP contribution in [0, 0.1) is 5.82 Å². The number of benzene rings is 2. The summed E-state index contributed by atoms with van der Waals surface area (Å²) >= 11 is 1.43. The van der Waals surface area contributed by atoms with Crippen LogP contribution in [-0.4, -0.2) is 25.7 Å². The molecule has 0 aliphatic carbocycles. The fraction of sp³-hybridized carbons (Fsp3) is 0.190. The van der Waals surface area contributed by atoms with E-state index in [4.69, 9.17) is 9.47 Å². The van der Waals surface area contributed by atoms with Crippen molar-refractivity contribution in [3.05, 3.63) is 70.9 Å². The molecule has 1 N–H and O–H groups in total. The van der Waals surface area contributed by atoms with Gasteiger partial charge >= 0.3 is 0 Å². The molecule has 27 heavy (non-hydrogen) atoms. The maximum absolute atomic E-state index is 12.9. The lowest BCUT2D eigenvalue weighted by molar-refractivity contribution is 0.0958. The number of hydrogen-bond acceptors (Lipinski definition) is 4. The number of amides is 1. The second kappa shape index (κ2) is 7.80. The van der Waals surface area contributed by atoms with Crippen LogP contribution in [0.5, 0.6) is 11.5 Å². The number of halogens is 1. The summed E-state index contributed by atoms with van der Waals surface area (Å²) < 4.78 is 24.1. The Labute approximate surface area is 160 Å². The Morgan fingerprint density at radius 1 is 1.00 bits per heavy atom. The van der Waals surface area contributed by atoms with Gasteiger partial charge in [0.15, 0.2) is 11.5 Å². The van der Waals surface area contributed by atoms with E-state index in [-0.39, 0.29) is 11.7 Å². The molecule has 1 aliphatic heterocycles. The van der Waals surface area contributed by atoms with Gasteiger partial charge in [-0.05, 0) is 60.0 Å². The van der Waals surface area contributed by atoms with Gasteiger partial charge in [-0.15, -0.1) is 11.3 Å². The molecule has 2 aromatic carbocycles. The molecular weight excluding hydrogens is 365 g/mol. The fourth-order valence-corrected chi connectivity index (χ4v) is 3.79. The summed E-state index contributed by atoms with van der Waals surface area (Å²) in [5, 5.41) is 2.91. The number of carbonyl (C=O) groups excluding carboxylic acids is 1. The molecule has 1 aliphatic rings. The smallest absolute Gasteiger partial charge is 0.261 e. The lowest BCUT2D eigenvalue weighted by Gasteiger charge is -2.18.